The number of carboxylic acid groups (broad SMARTS) is 1. The number of aromatic amines is 1. The predicted molar refractivity (Wildman–Crippen MR) is 85.7 cm³/mol. The van der Waals surface area contributed by atoms with Crippen LogP contribution < -0.4 is 5.11 Å². The minimum Gasteiger partial charge on any atom is -0.550 e. The number of aliphatic carboxylic acids is 1. The van der Waals surface area contributed by atoms with Gasteiger partial charge in [-0.25, -0.2) is 0 Å². The number of para-hydroxylation sites is 1. The van der Waals surface area contributed by atoms with E-state index in [1.165, 1.54) is 5.56 Å². The number of carbonyl (C=O) groups excluding carboxylic acids is 1. The Morgan fingerprint density at radius 3 is 2.64 bits per heavy atom. The van der Waals surface area contributed by atoms with Gasteiger partial charge in [0, 0.05) is 29.0 Å². The van der Waals surface area contributed by atoms with Crippen LogP contribution >= 0.6 is 0 Å². The first kappa shape index (κ1) is 14.4. The lowest BCUT2D eigenvalue weighted by Gasteiger charge is -2.20. The summed E-state index contributed by atoms with van der Waals surface area (Å²) in [4.78, 5) is 14.5. The summed E-state index contributed by atoms with van der Waals surface area (Å²) in [7, 11) is 0. The fourth-order valence-corrected chi connectivity index (χ4v) is 3.15. The summed E-state index contributed by atoms with van der Waals surface area (Å²) in [5.41, 5.74) is 5.35. The molecule has 0 bridgehead atoms. The average molecular weight is 292 g/mol. The molecule has 22 heavy (non-hydrogen) atoms. The van der Waals surface area contributed by atoms with Crippen molar-refractivity contribution in [2.45, 2.75) is 26.2 Å². The van der Waals surface area contributed by atoms with Crippen molar-refractivity contribution in [3.8, 4) is 0 Å². The summed E-state index contributed by atoms with van der Waals surface area (Å²) >= 11 is 0. The number of benzene rings is 2. The van der Waals surface area contributed by atoms with Gasteiger partial charge < -0.3 is 14.9 Å². The van der Waals surface area contributed by atoms with E-state index in [-0.39, 0.29) is 12.3 Å². The molecule has 1 atom stereocenters. The van der Waals surface area contributed by atoms with Gasteiger partial charge in [0.25, 0.3) is 0 Å². The van der Waals surface area contributed by atoms with Crippen molar-refractivity contribution in [2.75, 3.05) is 0 Å². The molecule has 3 aromatic rings. The van der Waals surface area contributed by atoms with Gasteiger partial charge in [0.05, 0.1) is 0 Å². The van der Waals surface area contributed by atoms with Crippen LogP contribution in [-0.4, -0.2) is 11.0 Å². The Kier molecular flexibility index (Phi) is 3.72. The van der Waals surface area contributed by atoms with Crippen LogP contribution in [0.1, 0.15) is 34.6 Å². The maximum Gasteiger partial charge on any atom is 0.0457 e. The van der Waals surface area contributed by atoms with Gasteiger partial charge in [-0.3, -0.25) is 0 Å². The summed E-state index contributed by atoms with van der Waals surface area (Å²) in [6.45, 7) is 4.07. The third-order valence-corrected chi connectivity index (χ3v) is 4.17. The van der Waals surface area contributed by atoms with Crippen LogP contribution in [-0.2, 0) is 4.79 Å². The zero-order chi connectivity index (χ0) is 15.7. The highest BCUT2D eigenvalue weighted by atomic mass is 16.4. The van der Waals surface area contributed by atoms with Crippen LogP contribution in [0.25, 0.3) is 10.9 Å². The van der Waals surface area contributed by atoms with Crippen LogP contribution in [0.2, 0.25) is 0 Å². The fraction of sp³-hybridized carbons (Fsp3) is 0.211. The third-order valence-electron chi connectivity index (χ3n) is 4.17. The smallest absolute Gasteiger partial charge is 0.0457 e. The molecule has 0 unspecified atom stereocenters. The van der Waals surface area contributed by atoms with E-state index < -0.39 is 5.97 Å². The molecule has 0 spiro atoms. The molecule has 0 amide bonds. The number of H-pyrrole nitrogens is 1. The monoisotopic (exact) mass is 292 g/mol. The molecule has 0 saturated heterocycles. The molecule has 0 aliphatic heterocycles. The van der Waals surface area contributed by atoms with Crippen LogP contribution in [0.3, 0.4) is 0 Å². The number of hydrogen-bond acceptors (Lipinski definition) is 2. The molecule has 3 heteroatoms. The Bertz CT molecular complexity index is 832. The molecule has 112 valence electrons. The Morgan fingerprint density at radius 1 is 1.14 bits per heavy atom. The quantitative estimate of drug-likeness (QED) is 0.803. The van der Waals surface area contributed by atoms with E-state index in [1.54, 1.807) is 0 Å². The van der Waals surface area contributed by atoms with Crippen LogP contribution in [0.15, 0.2) is 48.7 Å². The summed E-state index contributed by atoms with van der Waals surface area (Å²) < 4.78 is 0. The lowest BCUT2D eigenvalue weighted by Crippen LogP contribution is -2.25. The van der Waals surface area contributed by atoms with Gasteiger partial charge in [-0.15, -0.1) is 0 Å². The van der Waals surface area contributed by atoms with Gasteiger partial charge in [-0.05, 0) is 43.0 Å². The van der Waals surface area contributed by atoms with Gasteiger partial charge in [-0.1, -0.05) is 42.0 Å². The van der Waals surface area contributed by atoms with Crippen molar-refractivity contribution in [2.24, 2.45) is 0 Å². The molecule has 0 aliphatic carbocycles. The van der Waals surface area contributed by atoms with Crippen LogP contribution in [0, 0.1) is 13.8 Å². The number of rotatable bonds is 4. The van der Waals surface area contributed by atoms with E-state index in [9.17, 15) is 9.90 Å². The number of carboxylic acids is 1. The summed E-state index contributed by atoms with van der Waals surface area (Å²) in [6.07, 6.45) is 1.89. The molecule has 3 nitrogen and oxygen atoms in total. The molecule has 3 rings (SSSR count). The second kappa shape index (κ2) is 5.68. The molecule has 0 aliphatic rings. The Labute approximate surface area is 129 Å². The normalized spacial score (nSPS) is 12.5. The van der Waals surface area contributed by atoms with Crippen molar-refractivity contribution in [1.82, 2.24) is 4.98 Å². The molecule has 0 saturated carbocycles. The van der Waals surface area contributed by atoms with Crippen LogP contribution in [0.5, 0.6) is 0 Å². The van der Waals surface area contributed by atoms with E-state index >= 15 is 0 Å². The zero-order valence-corrected chi connectivity index (χ0v) is 12.7. The Balaban J connectivity index is 2.16. The standard InChI is InChI=1S/C19H19NO2/c1-12-7-8-14(13(2)9-12)16(10-19(21)22)17-11-20-18-6-4-3-5-15(17)18/h3-9,11,16,20H,10H2,1-2H3,(H,21,22)/p-1/t16-/m1/s1. The highest BCUT2D eigenvalue weighted by Gasteiger charge is 2.20. The Hall–Kier alpha value is -2.55. The number of fused-ring (bicyclic) bond motifs is 1. The van der Waals surface area contributed by atoms with Crippen molar-refractivity contribution in [1.29, 1.82) is 0 Å². The number of aromatic nitrogens is 1. The SMILES string of the molecule is Cc1ccc([C@@H](CC(=O)[O-])c2c[nH]c3ccccc23)c(C)c1. The van der Waals surface area contributed by atoms with Crippen molar-refractivity contribution in [3.63, 3.8) is 0 Å². The van der Waals surface area contributed by atoms with E-state index in [4.69, 9.17) is 0 Å². The van der Waals surface area contributed by atoms with Gasteiger partial charge >= 0.3 is 0 Å². The Morgan fingerprint density at radius 2 is 1.91 bits per heavy atom. The van der Waals surface area contributed by atoms with E-state index in [1.807, 2.05) is 56.4 Å². The molecule has 1 heterocycles. The van der Waals surface area contributed by atoms with Crippen molar-refractivity contribution >= 4 is 16.9 Å². The maximum atomic E-state index is 11.3. The molecule has 1 N–H and O–H groups in total. The zero-order valence-electron chi connectivity index (χ0n) is 12.7. The van der Waals surface area contributed by atoms with Crippen LogP contribution in [0.4, 0.5) is 0 Å². The molecule has 0 radical (unpaired) electrons. The maximum absolute atomic E-state index is 11.3. The number of aryl methyl sites for hydroxylation is 2. The fourth-order valence-electron chi connectivity index (χ4n) is 3.15. The number of hydrogen-bond donors (Lipinski definition) is 1. The summed E-state index contributed by atoms with van der Waals surface area (Å²) in [5, 5.41) is 12.3. The number of carbonyl (C=O) groups is 1. The van der Waals surface area contributed by atoms with E-state index in [0.29, 0.717) is 0 Å². The highest BCUT2D eigenvalue weighted by molar-refractivity contribution is 5.85. The molecular formula is C19H18NO2-. The molecule has 2 aromatic carbocycles. The first-order valence-electron chi connectivity index (χ1n) is 7.39. The lowest BCUT2D eigenvalue weighted by molar-refractivity contribution is -0.305. The second-order valence-corrected chi connectivity index (χ2v) is 5.78. The molecular weight excluding hydrogens is 274 g/mol. The first-order valence-corrected chi connectivity index (χ1v) is 7.39. The third kappa shape index (κ3) is 2.62. The van der Waals surface area contributed by atoms with Gasteiger partial charge in [-0.2, -0.15) is 0 Å². The molecule has 1 aromatic heterocycles. The molecule has 0 fully saturated rings. The summed E-state index contributed by atoms with van der Waals surface area (Å²) in [6, 6.07) is 14.1. The predicted octanol–water partition coefficient (Wildman–Crippen LogP) is 3.06. The lowest BCUT2D eigenvalue weighted by atomic mass is 9.85. The second-order valence-electron chi connectivity index (χ2n) is 5.78. The van der Waals surface area contributed by atoms with E-state index in [0.717, 1.165) is 27.6 Å². The van der Waals surface area contributed by atoms with Crippen molar-refractivity contribution < 1.29 is 9.90 Å². The summed E-state index contributed by atoms with van der Waals surface area (Å²) in [5.74, 6) is -1.24. The van der Waals surface area contributed by atoms with Gasteiger partial charge in [0.2, 0.25) is 0 Å². The first-order chi connectivity index (χ1) is 10.6. The largest absolute Gasteiger partial charge is 0.550 e. The average Bonchev–Trinajstić information content (AvgIpc) is 2.89. The minimum atomic E-state index is -1.03. The van der Waals surface area contributed by atoms with Crippen molar-refractivity contribution in [3.05, 3.63) is 70.9 Å². The van der Waals surface area contributed by atoms with Gasteiger partial charge in [0.1, 0.15) is 0 Å². The highest BCUT2D eigenvalue weighted by Crippen LogP contribution is 2.34. The minimum absolute atomic E-state index is 0.0221. The van der Waals surface area contributed by atoms with E-state index in [2.05, 4.69) is 11.1 Å². The topological polar surface area (TPSA) is 55.9 Å². The number of nitrogens with one attached hydrogen (secondary N) is 1. The van der Waals surface area contributed by atoms with Gasteiger partial charge in [0.15, 0.2) is 0 Å².